The summed E-state index contributed by atoms with van der Waals surface area (Å²) in [4.78, 5) is 23.1. The third kappa shape index (κ3) is 4.51. The van der Waals surface area contributed by atoms with Gasteiger partial charge < -0.3 is 10.4 Å². The molecule has 4 heteroatoms. The Hall–Kier alpha value is -1.06. The van der Waals surface area contributed by atoms with E-state index in [1.807, 2.05) is 0 Å². The van der Waals surface area contributed by atoms with Gasteiger partial charge in [0.1, 0.15) is 0 Å². The van der Waals surface area contributed by atoms with Gasteiger partial charge in [-0.05, 0) is 38.5 Å². The number of hydrogen-bond donors (Lipinski definition) is 2. The van der Waals surface area contributed by atoms with Gasteiger partial charge >= 0.3 is 5.97 Å². The Bertz CT molecular complexity index is 336. The van der Waals surface area contributed by atoms with Crippen LogP contribution in [0.15, 0.2) is 0 Å². The summed E-state index contributed by atoms with van der Waals surface area (Å²) in [6.07, 6.45) is 4.60. The molecule has 1 aliphatic carbocycles. The minimum atomic E-state index is -0.994. The molecule has 0 radical (unpaired) electrons. The summed E-state index contributed by atoms with van der Waals surface area (Å²) in [5.41, 5.74) is -0.994. The van der Waals surface area contributed by atoms with Crippen molar-refractivity contribution in [2.45, 2.75) is 65.8 Å². The zero-order chi connectivity index (χ0) is 14.6. The van der Waals surface area contributed by atoms with Gasteiger partial charge in [0.15, 0.2) is 0 Å². The highest BCUT2D eigenvalue weighted by atomic mass is 16.4. The third-order valence-corrected chi connectivity index (χ3v) is 4.20. The molecule has 0 bridgehead atoms. The van der Waals surface area contributed by atoms with E-state index < -0.39 is 11.4 Å². The minimum absolute atomic E-state index is 0.0453. The van der Waals surface area contributed by atoms with E-state index in [0.29, 0.717) is 11.8 Å². The molecule has 0 heterocycles. The first kappa shape index (κ1) is 16.0. The third-order valence-electron chi connectivity index (χ3n) is 4.20. The normalized spacial score (nSPS) is 24.3. The lowest BCUT2D eigenvalue weighted by molar-refractivity contribution is -0.149. The van der Waals surface area contributed by atoms with Crippen molar-refractivity contribution in [3.63, 3.8) is 0 Å². The number of nitrogens with one attached hydrogen (secondary N) is 1. The van der Waals surface area contributed by atoms with Gasteiger partial charge in [0, 0.05) is 12.5 Å². The molecule has 0 aromatic rings. The lowest BCUT2D eigenvalue weighted by Crippen LogP contribution is -2.45. The van der Waals surface area contributed by atoms with E-state index in [2.05, 4.69) is 19.2 Å². The molecule has 0 aromatic heterocycles. The van der Waals surface area contributed by atoms with Crippen molar-refractivity contribution in [3.05, 3.63) is 0 Å². The summed E-state index contributed by atoms with van der Waals surface area (Å²) in [6.45, 7) is 7.57. The topological polar surface area (TPSA) is 66.4 Å². The van der Waals surface area contributed by atoms with Crippen LogP contribution in [0.3, 0.4) is 0 Å². The quantitative estimate of drug-likeness (QED) is 0.806. The van der Waals surface area contributed by atoms with Gasteiger partial charge in [-0.3, -0.25) is 9.59 Å². The van der Waals surface area contributed by atoms with Crippen LogP contribution in [0.25, 0.3) is 0 Å². The van der Waals surface area contributed by atoms with Crippen molar-refractivity contribution < 1.29 is 14.7 Å². The second-order valence-corrected chi connectivity index (χ2v) is 6.73. The van der Waals surface area contributed by atoms with Crippen molar-refractivity contribution >= 4 is 11.9 Å². The predicted molar refractivity (Wildman–Crippen MR) is 74.8 cm³/mol. The highest BCUT2D eigenvalue weighted by molar-refractivity contribution is 5.84. The molecule has 110 valence electrons. The van der Waals surface area contributed by atoms with E-state index in [4.69, 9.17) is 5.11 Å². The standard InChI is InChI=1S/C15H27NO3/c1-10(2)11-7-5-6-8-12(11)16-13(17)9-15(3,4)14(18)19/h10-12H,5-9H2,1-4H3,(H,16,17)(H,18,19). The Kier molecular flexibility index (Phi) is 5.39. The number of carboxylic acid groups (broad SMARTS) is 1. The largest absolute Gasteiger partial charge is 0.481 e. The minimum Gasteiger partial charge on any atom is -0.481 e. The molecule has 0 spiro atoms. The Morgan fingerprint density at radius 1 is 1.26 bits per heavy atom. The summed E-state index contributed by atoms with van der Waals surface area (Å²) in [7, 11) is 0. The van der Waals surface area contributed by atoms with Crippen molar-refractivity contribution in [2.24, 2.45) is 17.3 Å². The highest BCUT2D eigenvalue weighted by Crippen LogP contribution is 2.30. The summed E-state index contributed by atoms with van der Waals surface area (Å²) in [5, 5.41) is 12.1. The Balaban J connectivity index is 2.57. The smallest absolute Gasteiger partial charge is 0.309 e. The molecular weight excluding hydrogens is 242 g/mol. The monoisotopic (exact) mass is 269 g/mol. The van der Waals surface area contributed by atoms with Crippen molar-refractivity contribution in [1.82, 2.24) is 5.32 Å². The number of aliphatic carboxylic acids is 1. The number of carbonyl (C=O) groups is 2. The Labute approximate surface area is 116 Å². The van der Waals surface area contributed by atoms with E-state index in [1.54, 1.807) is 13.8 Å². The van der Waals surface area contributed by atoms with Crippen LogP contribution in [0.5, 0.6) is 0 Å². The van der Waals surface area contributed by atoms with Crippen LogP contribution in [-0.2, 0) is 9.59 Å². The van der Waals surface area contributed by atoms with Gasteiger partial charge in [0.2, 0.25) is 5.91 Å². The predicted octanol–water partition coefficient (Wildman–Crippen LogP) is 2.82. The molecule has 19 heavy (non-hydrogen) atoms. The van der Waals surface area contributed by atoms with Gasteiger partial charge in [0.25, 0.3) is 0 Å². The molecule has 1 aliphatic rings. The summed E-state index contributed by atoms with van der Waals surface area (Å²) in [6, 6.07) is 0.214. The molecular formula is C15H27NO3. The first-order valence-corrected chi connectivity index (χ1v) is 7.27. The van der Waals surface area contributed by atoms with E-state index in [0.717, 1.165) is 19.3 Å². The fourth-order valence-electron chi connectivity index (χ4n) is 2.87. The van der Waals surface area contributed by atoms with Crippen molar-refractivity contribution in [1.29, 1.82) is 0 Å². The lowest BCUT2D eigenvalue weighted by Gasteiger charge is -2.35. The fraction of sp³-hybridized carbons (Fsp3) is 0.867. The lowest BCUT2D eigenvalue weighted by atomic mass is 9.77. The SMILES string of the molecule is CC(C)C1CCCCC1NC(=O)CC(C)(C)C(=O)O. The number of carboxylic acids is 1. The van der Waals surface area contributed by atoms with E-state index >= 15 is 0 Å². The van der Waals surface area contributed by atoms with Crippen LogP contribution in [0, 0.1) is 17.3 Å². The molecule has 1 amide bonds. The van der Waals surface area contributed by atoms with E-state index in [9.17, 15) is 9.59 Å². The highest BCUT2D eigenvalue weighted by Gasteiger charge is 2.33. The number of carbonyl (C=O) groups excluding carboxylic acids is 1. The molecule has 2 N–H and O–H groups in total. The maximum absolute atomic E-state index is 12.0. The first-order chi connectivity index (χ1) is 8.74. The molecule has 1 saturated carbocycles. The van der Waals surface area contributed by atoms with Gasteiger partial charge in [-0.15, -0.1) is 0 Å². The maximum atomic E-state index is 12.0. The van der Waals surface area contributed by atoms with Crippen LogP contribution < -0.4 is 5.32 Å². The molecule has 4 nitrogen and oxygen atoms in total. The van der Waals surface area contributed by atoms with Gasteiger partial charge in [-0.25, -0.2) is 0 Å². The fourth-order valence-corrected chi connectivity index (χ4v) is 2.87. The number of rotatable bonds is 5. The molecule has 1 fully saturated rings. The maximum Gasteiger partial charge on any atom is 0.309 e. The second kappa shape index (κ2) is 6.40. The van der Waals surface area contributed by atoms with Crippen LogP contribution in [0.2, 0.25) is 0 Å². The van der Waals surface area contributed by atoms with E-state index in [1.165, 1.54) is 6.42 Å². The van der Waals surface area contributed by atoms with Gasteiger partial charge in [0.05, 0.1) is 5.41 Å². The number of amides is 1. The summed E-state index contributed by atoms with van der Waals surface area (Å²) in [5.74, 6) is 0.0142. The first-order valence-electron chi connectivity index (χ1n) is 7.27. The van der Waals surface area contributed by atoms with Gasteiger partial charge in [-0.1, -0.05) is 26.7 Å². The van der Waals surface area contributed by atoms with Crippen LogP contribution in [-0.4, -0.2) is 23.0 Å². The van der Waals surface area contributed by atoms with Crippen LogP contribution in [0.1, 0.15) is 59.8 Å². The average Bonchev–Trinajstić information content (AvgIpc) is 2.28. The molecule has 0 aliphatic heterocycles. The van der Waals surface area contributed by atoms with Gasteiger partial charge in [-0.2, -0.15) is 0 Å². The van der Waals surface area contributed by atoms with Crippen molar-refractivity contribution in [3.8, 4) is 0 Å². The van der Waals surface area contributed by atoms with Crippen LogP contribution >= 0.6 is 0 Å². The van der Waals surface area contributed by atoms with Crippen molar-refractivity contribution in [2.75, 3.05) is 0 Å². The molecule has 0 aromatic carbocycles. The van der Waals surface area contributed by atoms with Crippen LogP contribution in [0.4, 0.5) is 0 Å². The Morgan fingerprint density at radius 3 is 2.37 bits per heavy atom. The second-order valence-electron chi connectivity index (χ2n) is 6.73. The molecule has 1 rings (SSSR count). The van der Waals surface area contributed by atoms with E-state index in [-0.39, 0.29) is 18.4 Å². The zero-order valence-electron chi connectivity index (χ0n) is 12.5. The average molecular weight is 269 g/mol. The summed E-state index contributed by atoms with van der Waals surface area (Å²) >= 11 is 0. The molecule has 0 saturated heterocycles. The Morgan fingerprint density at radius 2 is 1.84 bits per heavy atom. The molecule has 2 unspecified atom stereocenters. The molecule has 2 atom stereocenters. The summed E-state index contributed by atoms with van der Waals surface area (Å²) < 4.78 is 0. The zero-order valence-corrected chi connectivity index (χ0v) is 12.5. The number of hydrogen-bond acceptors (Lipinski definition) is 2.